The summed E-state index contributed by atoms with van der Waals surface area (Å²) in [6.45, 7) is 4.05. The van der Waals surface area contributed by atoms with Gasteiger partial charge in [-0.25, -0.2) is 6.04 Å². The minimum Gasteiger partial charge on any atom is -0.454 e. The van der Waals surface area contributed by atoms with E-state index < -0.39 is 0 Å². The fourth-order valence-electron chi connectivity index (χ4n) is 1.57. The Bertz CT molecular complexity index is 182. The van der Waals surface area contributed by atoms with Gasteiger partial charge in [0.15, 0.2) is 0 Å². The summed E-state index contributed by atoms with van der Waals surface area (Å²) in [6.07, 6.45) is 5.92. The van der Waals surface area contributed by atoms with E-state index in [4.69, 9.17) is 4.74 Å². The quantitative estimate of drug-likeness (QED) is 0.546. The third kappa shape index (κ3) is 4.61. The summed E-state index contributed by atoms with van der Waals surface area (Å²) in [4.78, 5) is 2.33. The Morgan fingerprint density at radius 3 is 2.79 bits per heavy atom. The summed E-state index contributed by atoms with van der Waals surface area (Å²) >= 11 is 0. The normalized spacial score (nSPS) is 17.9. The molecule has 0 atom stereocenters. The number of rotatable bonds is 4. The van der Waals surface area contributed by atoms with Crippen molar-refractivity contribution in [2.45, 2.75) is 26.2 Å². The standard InChI is InChI=1S/C11H20NO.Cr/c1-10-4-6-11(7-5-10)12(2)8-9-13-3;/h4H,5-9H2,1-3H3;/q-1;. The summed E-state index contributed by atoms with van der Waals surface area (Å²) in [7, 11) is 3.91. The van der Waals surface area contributed by atoms with Gasteiger partial charge in [-0.3, -0.25) is 0 Å². The van der Waals surface area contributed by atoms with Crippen LogP contribution in [0, 0.1) is 6.04 Å². The molecule has 0 spiro atoms. The second-order valence-corrected chi connectivity index (χ2v) is 3.74. The van der Waals surface area contributed by atoms with Gasteiger partial charge in [0.1, 0.15) is 0 Å². The van der Waals surface area contributed by atoms with E-state index in [-0.39, 0.29) is 17.4 Å². The van der Waals surface area contributed by atoms with E-state index in [2.05, 4.69) is 24.9 Å². The molecule has 0 aliphatic heterocycles. The molecule has 3 heteroatoms. The van der Waals surface area contributed by atoms with Crippen LogP contribution in [0.5, 0.6) is 0 Å². The van der Waals surface area contributed by atoms with Gasteiger partial charge in [-0.2, -0.15) is 6.42 Å². The zero-order valence-electron chi connectivity index (χ0n) is 9.38. The summed E-state index contributed by atoms with van der Waals surface area (Å²) in [5, 5.41) is 0. The van der Waals surface area contributed by atoms with Crippen molar-refractivity contribution in [3.05, 3.63) is 17.7 Å². The van der Waals surface area contributed by atoms with Crippen LogP contribution in [-0.2, 0) is 22.1 Å². The molecule has 1 aliphatic rings. The van der Waals surface area contributed by atoms with Crippen LogP contribution in [-0.4, -0.2) is 32.2 Å². The molecule has 0 N–H and O–H groups in total. The van der Waals surface area contributed by atoms with Crippen LogP contribution in [0.25, 0.3) is 0 Å². The van der Waals surface area contributed by atoms with Crippen molar-refractivity contribution >= 4 is 0 Å². The van der Waals surface area contributed by atoms with Gasteiger partial charge in [-0.1, -0.05) is 12.0 Å². The van der Waals surface area contributed by atoms with Crippen molar-refractivity contribution in [1.29, 1.82) is 0 Å². The van der Waals surface area contributed by atoms with Gasteiger partial charge < -0.3 is 9.64 Å². The average molecular weight is 234 g/mol. The third-order valence-electron chi connectivity index (χ3n) is 2.66. The Hall–Kier alpha value is 0.192. The molecular weight excluding hydrogens is 214 g/mol. The van der Waals surface area contributed by atoms with E-state index in [1.54, 1.807) is 13.2 Å². The molecule has 0 radical (unpaired) electrons. The molecule has 1 aliphatic carbocycles. The predicted octanol–water partition coefficient (Wildman–Crippen LogP) is 2.22. The topological polar surface area (TPSA) is 12.5 Å². The zero-order valence-corrected chi connectivity index (χ0v) is 10.7. The first kappa shape index (κ1) is 14.2. The number of ether oxygens (including phenoxy) is 1. The van der Waals surface area contributed by atoms with Gasteiger partial charge in [0, 0.05) is 24.5 Å². The van der Waals surface area contributed by atoms with Crippen LogP contribution >= 0.6 is 0 Å². The minimum atomic E-state index is 0. The van der Waals surface area contributed by atoms with Gasteiger partial charge in [-0.15, -0.1) is 12.5 Å². The first-order valence-corrected chi connectivity index (χ1v) is 4.94. The van der Waals surface area contributed by atoms with Gasteiger partial charge in [-0.05, 0) is 20.5 Å². The van der Waals surface area contributed by atoms with Crippen molar-refractivity contribution in [3.63, 3.8) is 0 Å². The maximum absolute atomic E-state index is 5.05. The van der Waals surface area contributed by atoms with Crippen molar-refractivity contribution in [2.75, 3.05) is 27.3 Å². The fourth-order valence-corrected chi connectivity index (χ4v) is 1.57. The van der Waals surface area contributed by atoms with E-state index >= 15 is 0 Å². The smallest absolute Gasteiger partial charge is 0.0565 e. The molecule has 82 valence electrons. The Morgan fingerprint density at radius 1 is 1.57 bits per heavy atom. The third-order valence-corrected chi connectivity index (χ3v) is 2.66. The molecule has 0 aromatic heterocycles. The monoisotopic (exact) mass is 234 g/mol. The summed E-state index contributed by atoms with van der Waals surface area (Å²) in [5.41, 5.74) is 1.53. The van der Waals surface area contributed by atoms with E-state index in [0.29, 0.717) is 0 Å². The van der Waals surface area contributed by atoms with Gasteiger partial charge in [0.2, 0.25) is 0 Å². The van der Waals surface area contributed by atoms with Gasteiger partial charge in [0.05, 0.1) is 6.61 Å². The first-order valence-electron chi connectivity index (χ1n) is 4.94. The molecule has 0 aromatic carbocycles. The number of hydrogen-bond donors (Lipinski definition) is 0. The van der Waals surface area contributed by atoms with Gasteiger partial charge >= 0.3 is 0 Å². The molecule has 0 saturated carbocycles. The Kier molecular flexibility index (Phi) is 7.58. The number of methoxy groups -OCH3 is 1. The van der Waals surface area contributed by atoms with Crippen LogP contribution in [0.1, 0.15) is 26.2 Å². The zero-order chi connectivity index (χ0) is 9.68. The molecule has 0 heterocycles. The molecule has 0 fully saturated rings. The van der Waals surface area contributed by atoms with E-state index in [0.717, 1.165) is 19.6 Å². The molecular formula is C11H20CrNO-. The first-order chi connectivity index (χ1) is 6.24. The Morgan fingerprint density at radius 2 is 2.29 bits per heavy atom. The number of hydrogen-bond acceptors (Lipinski definition) is 2. The van der Waals surface area contributed by atoms with Crippen molar-refractivity contribution < 1.29 is 22.1 Å². The van der Waals surface area contributed by atoms with E-state index in [1.807, 2.05) is 0 Å². The van der Waals surface area contributed by atoms with Crippen LogP contribution in [0.15, 0.2) is 11.6 Å². The summed E-state index contributed by atoms with van der Waals surface area (Å²) < 4.78 is 5.05. The SMILES string of the molecule is COCCN(C)[C-]1CC=C(C)CC1.[Cr]. The van der Waals surface area contributed by atoms with Crippen molar-refractivity contribution in [3.8, 4) is 0 Å². The predicted molar refractivity (Wildman–Crippen MR) is 55.4 cm³/mol. The van der Waals surface area contributed by atoms with Crippen molar-refractivity contribution in [2.24, 2.45) is 0 Å². The molecule has 0 aromatic rings. The second kappa shape index (κ2) is 7.48. The van der Waals surface area contributed by atoms with Gasteiger partial charge in [0.25, 0.3) is 0 Å². The molecule has 1 rings (SSSR count). The Labute approximate surface area is 98.4 Å². The average Bonchev–Trinajstić information content (AvgIpc) is 2.15. The molecule has 0 bridgehead atoms. The minimum absolute atomic E-state index is 0. The largest absolute Gasteiger partial charge is 0.454 e. The van der Waals surface area contributed by atoms with Crippen LogP contribution in [0.3, 0.4) is 0 Å². The van der Waals surface area contributed by atoms with Crippen LogP contribution in [0.2, 0.25) is 0 Å². The number of likely N-dealkylation sites (N-methyl/N-ethyl adjacent to an activating group) is 1. The molecule has 14 heavy (non-hydrogen) atoms. The molecule has 0 amide bonds. The van der Waals surface area contributed by atoms with E-state index in [9.17, 15) is 0 Å². The number of allylic oxidation sites excluding steroid dienone is 1. The maximum Gasteiger partial charge on any atom is 0.0565 e. The fraction of sp³-hybridized carbons (Fsp3) is 0.727. The maximum atomic E-state index is 5.05. The molecule has 2 nitrogen and oxygen atoms in total. The Balaban J connectivity index is 0.00000169. The molecule has 0 unspecified atom stereocenters. The van der Waals surface area contributed by atoms with Crippen LogP contribution in [0.4, 0.5) is 0 Å². The summed E-state index contributed by atoms with van der Waals surface area (Å²) in [6, 6.07) is 1.54. The second-order valence-electron chi connectivity index (χ2n) is 3.74. The van der Waals surface area contributed by atoms with Crippen molar-refractivity contribution in [1.82, 2.24) is 4.90 Å². The molecule has 0 saturated heterocycles. The summed E-state index contributed by atoms with van der Waals surface area (Å²) in [5.74, 6) is 0. The van der Waals surface area contributed by atoms with Crippen LogP contribution < -0.4 is 0 Å². The van der Waals surface area contributed by atoms with E-state index in [1.165, 1.54) is 18.4 Å². The number of nitrogens with zero attached hydrogens (tertiary/aromatic N) is 1.